The van der Waals surface area contributed by atoms with E-state index >= 15 is 0 Å². The highest BCUT2D eigenvalue weighted by Gasteiger charge is 2.52. The van der Waals surface area contributed by atoms with Crippen LogP contribution >= 0.6 is 0 Å². The lowest BCUT2D eigenvalue weighted by Crippen LogP contribution is -2.41. The Labute approximate surface area is 188 Å². The van der Waals surface area contributed by atoms with Crippen molar-refractivity contribution in [2.45, 2.75) is 85.9 Å². The minimum Gasteiger partial charge on any atom is -0.399 e. The van der Waals surface area contributed by atoms with Crippen LogP contribution in [-0.4, -0.2) is 24.2 Å². The molecule has 1 aliphatic rings. The number of hydrogen-bond acceptors (Lipinski definition) is 3. The minimum atomic E-state index is -0.452. The van der Waals surface area contributed by atoms with E-state index in [0.717, 1.165) is 16.7 Å². The minimum absolute atomic E-state index is 0.121. The van der Waals surface area contributed by atoms with E-state index in [4.69, 9.17) is 9.31 Å². The van der Waals surface area contributed by atoms with E-state index in [1.54, 1.807) is 0 Å². The maximum Gasteiger partial charge on any atom is 0.495 e. The third kappa shape index (κ3) is 5.78. The summed E-state index contributed by atoms with van der Waals surface area (Å²) in [5.41, 5.74) is 3.72. The molecular formula is C26H38BNO3. The summed E-state index contributed by atoms with van der Waals surface area (Å²) in [6.07, 6.45) is 1.25. The number of hydrogen-bond donors (Lipinski definition) is 1. The molecule has 2 aromatic carbocycles. The number of nitrogens with one attached hydrogen (secondary N) is 1. The summed E-state index contributed by atoms with van der Waals surface area (Å²) in [6.45, 7) is 18.7. The Morgan fingerprint density at radius 3 is 1.97 bits per heavy atom. The molecule has 1 heterocycles. The van der Waals surface area contributed by atoms with Gasteiger partial charge in [-0.3, -0.25) is 4.79 Å². The second-order valence-corrected chi connectivity index (χ2v) is 9.55. The second-order valence-electron chi connectivity index (χ2n) is 9.55. The zero-order valence-electron chi connectivity index (χ0n) is 20.6. The van der Waals surface area contributed by atoms with Gasteiger partial charge in [0.25, 0.3) is 5.91 Å². The van der Waals surface area contributed by atoms with Crippen LogP contribution in [0.2, 0.25) is 0 Å². The normalized spacial score (nSPS) is 16.6. The molecule has 1 amide bonds. The first-order chi connectivity index (χ1) is 14.4. The van der Waals surface area contributed by atoms with Crippen molar-refractivity contribution in [2.75, 3.05) is 5.32 Å². The number of rotatable bonds is 4. The quantitative estimate of drug-likeness (QED) is 0.606. The molecule has 1 aliphatic heterocycles. The Hall–Kier alpha value is -2.11. The van der Waals surface area contributed by atoms with E-state index in [1.165, 1.54) is 12.0 Å². The first-order valence-electron chi connectivity index (χ1n) is 11.3. The number of carbonyl (C=O) groups excluding carboxylic acids is 1. The van der Waals surface area contributed by atoms with Crippen LogP contribution in [0.1, 0.15) is 89.2 Å². The van der Waals surface area contributed by atoms with Gasteiger partial charge in [0.05, 0.1) is 11.2 Å². The summed E-state index contributed by atoms with van der Waals surface area (Å²) in [7, 11) is -0.452. The molecule has 4 nitrogen and oxygen atoms in total. The Balaban J connectivity index is 0.00000107. The average molecular weight is 423 g/mol. The van der Waals surface area contributed by atoms with Crippen LogP contribution in [0.5, 0.6) is 0 Å². The van der Waals surface area contributed by atoms with Crippen LogP contribution in [0.3, 0.4) is 0 Å². The van der Waals surface area contributed by atoms with E-state index in [2.05, 4.69) is 33.0 Å². The first-order valence-corrected chi connectivity index (χ1v) is 11.3. The first kappa shape index (κ1) is 25.2. The summed E-state index contributed by atoms with van der Waals surface area (Å²) in [4.78, 5) is 12.7. The lowest BCUT2D eigenvalue weighted by molar-refractivity contribution is 0.00578. The third-order valence-corrected chi connectivity index (χ3v) is 5.97. The predicted molar refractivity (Wildman–Crippen MR) is 131 cm³/mol. The fourth-order valence-corrected chi connectivity index (χ4v) is 3.23. The van der Waals surface area contributed by atoms with Crippen LogP contribution in [0, 0.1) is 6.92 Å². The molecule has 1 N–H and O–H groups in total. The molecule has 0 saturated carbocycles. The highest BCUT2D eigenvalue weighted by atomic mass is 16.7. The van der Waals surface area contributed by atoms with Crippen molar-refractivity contribution in [1.82, 2.24) is 0 Å². The van der Waals surface area contributed by atoms with Crippen LogP contribution in [-0.2, 0) is 9.31 Å². The van der Waals surface area contributed by atoms with Crippen LogP contribution in [0.15, 0.2) is 42.5 Å². The summed E-state index contributed by atoms with van der Waals surface area (Å²) in [6, 6.07) is 13.6. The molecule has 3 rings (SSSR count). The van der Waals surface area contributed by atoms with Gasteiger partial charge < -0.3 is 14.6 Å². The number of anilines is 1. The molecule has 168 valence electrons. The Morgan fingerprint density at radius 1 is 0.968 bits per heavy atom. The van der Waals surface area contributed by atoms with Crippen molar-refractivity contribution in [2.24, 2.45) is 0 Å². The lowest BCUT2D eigenvalue weighted by Gasteiger charge is -2.32. The van der Waals surface area contributed by atoms with Crippen molar-refractivity contribution < 1.29 is 14.1 Å². The van der Waals surface area contributed by atoms with Crippen LogP contribution < -0.4 is 10.8 Å². The maximum atomic E-state index is 12.7. The van der Waals surface area contributed by atoms with Crippen molar-refractivity contribution in [3.8, 4) is 0 Å². The van der Waals surface area contributed by atoms with Gasteiger partial charge in [0, 0.05) is 11.3 Å². The molecule has 0 aliphatic carbocycles. The summed E-state index contributed by atoms with van der Waals surface area (Å²) in [5.74, 6) is 0.320. The molecule has 0 spiro atoms. The van der Waals surface area contributed by atoms with E-state index in [0.29, 0.717) is 11.5 Å². The third-order valence-electron chi connectivity index (χ3n) is 5.97. The van der Waals surface area contributed by atoms with Gasteiger partial charge >= 0.3 is 7.12 Å². The Morgan fingerprint density at radius 2 is 1.48 bits per heavy atom. The number of amides is 1. The van der Waals surface area contributed by atoms with Gasteiger partial charge in [0.15, 0.2) is 0 Å². The van der Waals surface area contributed by atoms with Crippen LogP contribution in [0.4, 0.5) is 5.69 Å². The Kier molecular flexibility index (Phi) is 8.12. The van der Waals surface area contributed by atoms with Gasteiger partial charge in [-0.05, 0) is 75.3 Å². The smallest absolute Gasteiger partial charge is 0.399 e. The van der Waals surface area contributed by atoms with Gasteiger partial charge in [-0.1, -0.05) is 58.4 Å². The Bertz CT molecular complexity index is 872. The van der Waals surface area contributed by atoms with Gasteiger partial charge in [-0.15, -0.1) is 0 Å². The van der Waals surface area contributed by atoms with Crippen LogP contribution in [0.25, 0.3) is 0 Å². The molecule has 0 bridgehead atoms. The van der Waals surface area contributed by atoms with Gasteiger partial charge in [-0.2, -0.15) is 0 Å². The second kappa shape index (κ2) is 10.0. The summed E-state index contributed by atoms with van der Waals surface area (Å²) >= 11 is 0. The zero-order chi connectivity index (χ0) is 23.4. The molecule has 1 saturated heterocycles. The van der Waals surface area contributed by atoms with E-state index in [-0.39, 0.29) is 5.91 Å². The average Bonchev–Trinajstić information content (AvgIpc) is 2.91. The molecule has 1 fully saturated rings. The standard InChI is InChI=1S/C23H30BNO3.C3H8/c1-15(2)17-11-13-18(14-12-17)21(26)25-20-10-8-9-19(16(20)3)24-27-22(4,5)23(6,7)28-24;1-3-2/h8-15H,1-7H3,(H,25,26);3H2,1-2H3. The van der Waals surface area contributed by atoms with Crippen molar-refractivity contribution in [1.29, 1.82) is 0 Å². The highest BCUT2D eigenvalue weighted by Crippen LogP contribution is 2.37. The van der Waals surface area contributed by atoms with Crippen molar-refractivity contribution in [3.63, 3.8) is 0 Å². The largest absolute Gasteiger partial charge is 0.495 e. The van der Waals surface area contributed by atoms with Crippen molar-refractivity contribution in [3.05, 3.63) is 59.2 Å². The van der Waals surface area contributed by atoms with Gasteiger partial charge in [0.2, 0.25) is 0 Å². The molecule has 5 heteroatoms. The molecule has 0 atom stereocenters. The molecule has 0 radical (unpaired) electrons. The highest BCUT2D eigenvalue weighted by molar-refractivity contribution is 6.62. The molecule has 2 aromatic rings. The molecule has 31 heavy (non-hydrogen) atoms. The topological polar surface area (TPSA) is 47.6 Å². The monoisotopic (exact) mass is 423 g/mol. The van der Waals surface area contributed by atoms with E-state index in [1.807, 2.05) is 77.1 Å². The van der Waals surface area contributed by atoms with Gasteiger partial charge in [0.1, 0.15) is 0 Å². The summed E-state index contributed by atoms with van der Waals surface area (Å²) in [5, 5.41) is 3.03. The van der Waals surface area contributed by atoms with Crippen molar-refractivity contribution >= 4 is 24.2 Å². The zero-order valence-corrected chi connectivity index (χ0v) is 20.6. The summed E-state index contributed by atoms with van der Waals surface area (Å²) < 4.78 is 12.4. The predicted octanol–water partition coefficient (Wildman–Crippen LogP) is 6.09. The molecular weight excluding hydrogens is 385 g/mol. The number of benzene rings is 2. The molecule has 0 aromatic heterocycles. The maximum absolute atomic E-state index is 12.7. The lowest BCUT2D eigenvalue weighted by atomic mass is 9.76. The molecule has 0 unspecified atom stereocenters. The van der Waals surface area contributed by atoms with E-state index < -0.39 is 18.3 Å². The van der Waals surface area contributed by atoms with E-state index in [9.17, 15) is 4.79 Å². The fraction of sp³-hybridized carbons (Fsp3) is 0.500. The van der Waals surface area contributed by atoms with Gasteiger partial charge in [-0.25, -0.2) is 0 Å². The number of carbonyl (C=O) groups is 1. The SMILES string of the molecule is CCC.Cc1c(NC(=O)c2ccc(C(C)C)cc2)cccc1B1OC(C)(C)C(C)(C)O1. The fourth-order valence-electron chi connectivity index (χ4n) is 3.23.